The highest BCUT2D eigenvalue weighted by molar-refractivity contribution is 7.80. The number of carbonyl (C=O) groups is 2. The van der Waals surface area contributed by atoms with E-state index in [4.69, 9.17) is 28.6 Å². The van der Waals surface area contributed by atoms with Crippen molar-refractivity contribution in [3.63, 3.8) is 0 Å². The van der Waals surface area contributed by atoms with Crippen LogP contribution in [0.4, 0.5) is 11.5 Å². The molecule has 1 N–H and O–H groups in total. The van der Waals surface area contributed by atoms with Crippen LogP contribution in [0.1, 0.15) is 5.56 Å². The Bertz CT molecular complexity index is 1410. The number of anilines is 2. The van der Waals surface area contributed by atoms with Gasteiger partial charge >= 0.3 is 0 Å². The molecule has 5 rings (SSSR count). The molecule has 172 valence electrons. The summed E-state index contributed by atoms with van der Waals surface area (Å²) in [4.78, 5) is 47.5. The van der Waals surface area contributed by atoms with E-state index in [1.807, 2.05) is 4.90 Å². The first-order valence-corrected chi connectivity index (χ1v) is 11.2. The van der Waals surface area contributed by atoms with Crippen LogP contribution in [0.25, 0.3) is 11.7 Å². The smallest absolute Gasteiger partial charge is 0.270 e. The summed E-state index contributed by atoms with van der Waals surface area (Å²) in [6, 6.07) is 11.7. The van der Waals surface area contributed by atoms with E-state index < -0.39 is 17.4 Å². The molecule has 0 aliphatic carbocycles. The molecule has 4 heterocycles. The molecule has 2 fully saturated rings. The van der Waals surface area contributed by atoms with Crippen molar-refractivity contribution in [3.8, 4) is 0 Å². The van der Waals surface area contributed by atoms with Crippen molar-refractivity contribution in [2.75, 3.05) is 36.1 Å². The number of hydrogen-bond acceptors (Lipinski definition) is 7. The summed E-state index contributed by atoms with van der Waals surface area (Å²) in [5, 5.41) is 2.96. The lowest BCUT2D eigenvalue weighted by molar-refractivity contribution is -0.122. The highest BCUT2D eigenvalue weighted by Crippen LogP contribution is 2.25. The van der Waals surface area contributed by atoms with Crippen molar-refractivity contribution in [1.29, 1.82) is 0 Å². The maximum atomic E-state index is 13.5. The van der Waals surface area contributed by atoms with Crippen molar-refractivity contribution in [3.05, 3.63) is 75.2 Å². The van der Waals surface area contributed by atoms with Gasteiger partial charge in [-0.05, 0) is 54.7 Å². The summed E-state index contributed by atoms with van der Waals surface area (Å²) in [6.45, 7) is 1.99. The monoisotopic (exact) mass is 495 g/mol. The van der Waals surface area contributed by atoms with Gasteiger partial charge in [-0.15, -0.1) is 0 Å². The minimum absolute atomic E-state index is 0.0590. The summed E-state index contributed by atoms with van der Waals surface area (Å²) in [5.74, 6) is -0.953. The molecule has 0 spiro atoms. The summed E-state index contributed by atoms with van der Waals surface area (Å²) in [5.41, 5.74) is 0.402. The maximum absolute atomic E-state index is 13.5. The van der Waals surface area contributed by atoms with E-state index in [9.17, 15) is 14.4 Å². The van der Waals surface area contributed by atoms with Crippen LogP contribution in [0, 0.1) is 0 Å². The van der Waals surface area contributed by atoms with E-state index >= 15 is 0 Å². The number of pyridine rings is 1. The Kier molecular flexibility index (Phi) is 5.86. The van der Waals surface area contributed by atoms with Gasteiger partial charge in [-0.3, -0.25) is 29.0 Å². The van der Waals surface area contributed by atoms with Gasteiger partial charge in [0.25, 0.3) is 17.4 Å². The third-order valence-electron chi connectivity index (χ3n) is 5.53. The van der Waals surface area contributed by atoms with Gasteiger partial charge in [0.2, 0.25) is 0 Å². The van der Waals surface area contributed by atoms with Gasteiger partial charge in [-0.2, -0.15) is 0 Å². The molecule has 0 unspecified atom stereocenters. The Morgan fingerprint density at radius 1 is 1.06 bits per heavy atom. The number of nitrogens with zero attached hydrogens (tertiary/aromatic N) is 4. The van der Waals surface area contributed by atoms with Gasteiger partial charge in [-0.25, -0.2) is 4.98 Å². The number of amides is 2. The molecule has 0 bridgehead atoms. The Hall–Kier alpha value is -3.60. The molecular formula is C23H18ClN5O4S. The Morgan fingerprint density at radius 2 is 1.79 bits per heavy atom. The SMILES string of the molecule is O=C1NC(=S)N(c2ccc(Cl)cc2)C(=O)C1=Cc1c(N2CCOCC2)nc2ccccn2c1=O. The minimum Gasteiger partial charge on any atom is -0.378 e. The quantitative estimate of drug-likeness (QED) is 0.337. The average Bonchev–Trinajstić information content (AvgIpc) is 2.84. The normalized spacial score (nSPS) is 18.0. The zero-order valence-corrected chi connectivity index (χ0v) is 19.3. The lowest BCUT2D eigenvalue weighted by atomic mass is 10.1. The Morgan fingerprint density at radius 3 is 2.53 bits per heavy atom. The second-order valence-electron chi connectivity index (χ2n) is 7.62. The summed E-state index contributed by atoms with van der Waals surface area (Å²) in [7, 11) is 0. The van der Waals surface area contributed by atoms with E-state index in [0.29, 0.717) is 48.5 Å². The van der Waals surface area contributed by atoms with Crippen LogP contribution in [-0.4, -0.2) is 52.6 Å². The number of fused-ring (bicyclic) bond motifs is 1. The number of thiocarbonyl (C=S) groups is 1. The predicted molar refractivity (Wildman–Crippen MR) is 132 cm³/mol. The second-order valence-corrected chi connectivity index (χ2v) is 8.44. The number of halogens is 1. The van der Waals surface area contributed by atoms with Gasteiger partial charge in [-0.1, -0.05) is 17.7 Å². The molecule has 3 aromatic rings. The van der Waals surface area contributed by atoms with Crippen molar-refractivity contribution in [1.82, 2.24) is 14.7 Å². The van der Waals surface area contributed by atoms with E-state index in [1.54, 1.807) is 48.7 Å². The summed E-state index contributed by atoms with van der Waals surface area (Å²) >= 11 is 11.2. The molecule has 0 saturated carbocycles. The highest BCUT2D eigenvalue weighted by atomic mass is 35.5. The first kappa shape index (κ1) is 22.2. The molecule has 2 amide bonds. The minimum atomic E-state index is -0.689. The highest BCUT2D eigenvalue weighted by Gasteiger charge is 2.35. The van der Waals surface area contributed by atoms with Gasteiger partial charge in [0, 0.05) is 24.3 Å². The number of morpholine rings is 1. The van der Waals surface area contributed by atoms with Crippen LogP contribution in [-0.2, 0) is 14.3 Å². The van der Waals surface area contributed by atoms with E-state index in [0.717, 1.165) is 0 Å². The lowest BCUT2D eigenvalue weighted by Crippen LogP contribution is -2.54. The number of aromatic nitrogens is 2. The third kappa shape index (κ3) is 3.96. The number of ether oxygens (including phenoxy) is 1. The number of nitrogens with one attached hydrogen (secondary N) is 1. The zero-order chi connectivity index (χ0) is 23.8. The summed E-state index contributed by atoms with van der Waals surface area (Å²) < 4.78 is 6.81. The molecular weight excluding hydrogens is 478 g/mol. The van der Waals surface area contributed by atoms with Crippen molar-refractivity contribution < 1.29 is 14.3 Å². The fourth-order valence-electron chi connectivity index (χ4n) is 3.86. The van der Waals surface area contributed by atoms with Crippen molar-refractivity contribution in [2.24, 2.45) is 0 Å². The average molecular weight is 496 g/mol. The zero-order valence-electron chi connectivity index (χ0n) is 17.7. The van der Waals surface area contributed by atoms with E-state index in [-0.39, 0.29) is 16.2 Å². The molecule has 34 heavy (non-hydrogen) atoms. The molecule has 2 aliphatic rings. The largest absolute Gasteiger partial charge is 0.378 e. The molecule has 2 aliphatic heterocycles. The lowest BCUT2D eigenvalue weighted by Gasteiger charge is -2.30. The van der Waals surface area contributed by atoms with Gasteiger partial charge < -0.3 is 9.64 Å². The molecule has 11 heteroatoms. The third-order valence-corrected chi connectivity index (χ3v) is 6.07. The van der Waals surface area contributed by atoms with E-state index in [1.165, 1.54) is 15.4 Å². The number of carbonyl (C=O) groups excluding carboxylic acids is 2. The Labute approximate surface area is 204 Å². The van der Waals surface area contributed by atoms with E-state index in [2.05, 4.69) is 10.3 Å². The summed E-state index contributed by atoms with van der Waals surface area (Å²) in [6.07, 6.45) is 2.88. The van der Waals surface area contributed by atoms with Crippen LogP contribution < -0.4 is 20.7 Å². The standard InChI is InChI=1S/C23H18ClN5O4S/c24-14-4-6-15(7-5-14)29-22(32)17(20(30)26-23(29)34)13-16-19(27-9-11-33-12-10-27)25-18-3-1-2-8-28(18)21(16)31/h1-8,13H,9-12H2,(H,26,30,34). The number of hydrogen-bond donors (Lipinski definition) is 1. The predicted octanol–water partition coefficient (Wildman–Crippen LogP) is 2.02. The van der Waals surface area contributed by atoms with Crippen LogP contribution in [0.3, 0.4) is 0 Å². The molecule has 2 aromatic heterocycles. The molecule has 2 saturated heterocycles. The first-order chi connectivity index (χ1) is 16.4. The Balaban J connectivity index is 1.66. The van der Waals surface area contributed by atoms with Crippen LogP contribution in [0.5, 0.6) is 0 Å². The molecule has 0 radical (unpaired) electrons. The van der Waals surface area contributed by atoms with Crippen LogP contribution in [0.2, 0.25) is 5.02 Å². The first-order valence-electron chi connectivity index (χ1n) is 10.4. The fourth-order valence-corrected chi connectivity index (χ4v) is 4.27. The van der Waals surface area contributed by atoms with Crippen molar-refractivity contribution >= 4 is 64.0 Å². The maximum Gasteiger partial charge on any atom is 0.270 e. The van der Waals surface area contributed by atoms with Gasteiger partial charge in [0.1, 0.15) is 17.0 Å². The number of rotatable bonds is 3. The topological polar surface area (TPSA) is 96.2 Å². The van der Waals surface area contributed by atoms with Gasteiger partial charge in [0.05, 0.1) is 24.5 Å². The second kappa shape index (κ2) is 8.98. The van der Waals surface area contributed by atoms with Crippen LogP contribution in [0.15, 0.2) is 59.0 Å². The number of benzene rings is 1. The van der Waals surface area contributed by atoms with Crippen LogP contribution >= 0.6 is 23.8 Å². The molecule has 0 atom stereocenters. The van der Waals surface area contributed by atoms with Gasteiger partial charge in [0.15, 0.2) is 5.11 Å². The fraction of sp³-hybridized carbons (Fsp3) is 0.174. The molecule has 1 aromatic carbocycles. The molecule has 9 nitrogen and oxygen atoms in total. The van der Waals surface area contributed by atoms with Crippen molar-refractivity contribution in [2.45, 2.75) is 0 Å².